The highest BCUT2D eigenvalue weighted by molar-refractivity contribution is 6.16. The third-order valence-electron chi connectivity index (χ3n) is 11.2. The summed E-state index contributed by atoms with van der Waals surface area (Å²) in [6.07, 6.45) is 0. The fourth-order valence-electron chi connectivity index (χ4n) is 8.88. The molecule has 53 heavy (non-hydrogen) atoms. The Morgan fingerprint density at radius 1 is 0.321 bits per heavy atom. The van der Waals surface area contributed by atoms with Crippen molar-refractivity contribution >= 4 is 71.1 Å². The number of imidazole rings is 1. The van der Waals surface area contributed by atoms with Gasteiger partial charge in [-0.2, -0.15) is 0 Å². The highest BCUT2D eigenvalue weighted by Gasteiger charge is 2.21. The molecule has 4 heteroatoms. The van der Waals surface area contributed by atoms with Gasteiger partial charge in [0.25, 0.3) is 0 Å². The molecule has 0 spiro atoms. The van der Waals surface area contributed by atoms with E-state index < -0.39 is 0 Å². The molecular weight excluding hydrogens is 645 g/mol. The average Bonchev–Trinajstić information content (AvgIpc) is 3.97. The first-order valence-corrected chi connectivity index (χ1v) is 18.1. The molecule has 0 radical (unpaired) electrons. The summed E-state index contributed by atoms with van der Waals surface area (Å²) in [4.78, 5) is 5.13. The van der Waals surface area contributed by atoms with Gasteiger partial charge in [-0.15, -0.1) is 0 Å². The van der Waals surface area contributed by atoms with Crippen LogP contribution in [-0.2, 0) is 0 Å². The summed E-state index contributed by atoms with van der Waals surface area (Å²) in [5, 5.41) is 7.45. The molecule has 246 valence electrons. The first-order valence-electron chi connectivity index (χ1n) is 18.1. The molecule has 0 bridgehead atoms. The molecule has 0 N–H and O–H groups in total. The van der Waals surface area contributed by atoms with E-state index in [-0.39, 0.29) is 0 Å². The topological polar surface area (TPSA) is 27.2 Å². The molecule has 0 unspecified atom stereocenters. The molecule has 0 saturated heterocycles. The lowest BCUT2D eigenvalue weighted by molar-refractivity contribution is 1.18. The Kier molecular flexibility index (Phi) is 5.74. The Balaban J connectivity index is 1.06. The van der Waals surface area contributed by atoms with Crippen LogP contribution in [-0.4, -0.2) is 18.5 Å². The third-order valence-corrected chi connectivity index (χ3v) is 11.2. The number of aromatic nitrogens is 4. The van der Waals surface area contributed by atoms with Crippen molar-refractivity contribution in [3.63, 3.8) is 0 Å². The van der Waals surface area contributed by atoms with Gasteiger partial charge in [0.2, 0.25) is 0 Å². The fourth-order valence-corrected chi connectivity index (χ4v) is 8.88. The molecule has 0 aliphatic carbocycles. The minimum absolute atomic E-state index is 0.973. The number of pyridine rings is 1. The molecule has 0 aliphatic rings. The zero-order valence-electron chi connectivity index (χ0n) is 28.6. The van der Waals surface area contributed by atoms with E-state index in [0.717, 1.165) is 28.1 Å². The lowest BCUT2D eigenvalue weighted by Crippen LogP contribution is -1.93. The standard InChI is InChI=1S/C49H30N4/c1-3-12-31(13-4-1)48-49-41-30-35(24-25-38(41)44-20-11-21-47(50-48)53(44)49)52-43-19-10-8-17-37(43)40-29-33(23-27-46(40)52)32-22-26-45-39(28-32)36-16-7-9-18-42(36)51(45)34-14-5-2-6-15-34/h1-30H. The maximum atomic E-state index is 5.13. The second-order valence-corrected chi connectivity index (χ2v) is 14.0. The van der Waals surface area contributed by atoms with E-state index in [4.69, 9.17) is 4.98 Å². The normalized spacial score (nSPS) is 12.2. The molecule has 0 aliphatic heterocycles. The Labute approximate surface area is 304 Å². The van der Waals surface area contributed by atoms with E-state index >= 15 is 0 Å². The van der Waals surface area contributed by atoms with Gasteiger partial charge in [0, 0.05) is 49.3 Å². The summed E-state index contributed by atoms with van der Waals surface area (Å²) in [7, 11) is 0. The zero-order valence-corrected chi connectivity index (χ0v) is 28.6. The maximum Gasteiger partial charge on any atom is 0.138 e. The number of benzene rings is 7. The second-order valence-electron chi connectivity index (χ2n) is 14.0. The lowest BCUT2D eigenvalue weighted by Gasteiger charge is -2.10. The number of para-hydroxylation sites is 3. The first-order chi connectivity index (χ1) is 26.3. The number of nitrogens with zero attached hydrogens (tertiary/aromatic N) is 4. The molecule has 0 saturated carbocycles. The summed E-state index contributed by atoms with van der Waals surface area (Å²) in [5.74, 6) is 0. The van der Waals surface area contributed by atoms with Gasteiger partial charge >= 0.3 is 0 Å². The van der Waals surface area contributed by atoms with E-state index in [1.54, 1.807) is 0 Å². The molecule has 4 nitrogen and oxygen atoms in total. The van der Waals surface area contributed by atoms with Gasteiger partial charge in [-0.25, -0.2) is 4.98 Å². The van der Waals surface area contributed by atoms with Crippen LogP contribution in [0.4, 0.5) is 0 Å². The van der Waals surface area contributed by atoms with Gasteiger partial charge in [-0.3, -0.25) is 4.40 Å². The molecule has 12 aromatic rings. The summed E-state index contributed by atoms with van der Waals surface area (Å²) in [6.45, 7) is 0. The molecule has 0 fully saturated rings. The molecule has 0 atom stereocenters. The number of rotatable bonds is 4. The van der Waals surface area contributed by atoms with Crippen LogP contribution in [0.15, 0.2) is 182 Å². The molecule has 7 aromatic carbocycles. The van der Waals surface area contributed by atoms with Crippen LogP contribution >= 0.6 is 0 Å². The SMILES string of the molecule is c1ccc(-c2nc3cccc4c5ccc(-n6c7ccccc7c7cc(-c8ccc9c(c8)c8ccccc8n9-c8ccccc8)ccc76)cc5c2n34)cc1. The largest absolute Gasteiger partial charge is 0.309 e. The van der Waals surface area contributed by atoms with Crippen molar-refractivity contribution < 1.29 is 0 Å². The smallest absolute Gasteiger partial charge is 0.138 e. The zero-order chi connectivity index (χ0) is 34.6. The van der Waals surface area contributed by atoms with Crippen molar-refractivity contribution in [3.05, 3.63) is 182 Å². The highest BCUT2D eigenvalue weighted by Crippen LogP contribution is 2.41. The summed E-state index contributed by atoms with van der Waals surface area (Å²) in [6, 6.07) is 66.0. The van der Waals surface area contributed by atoms with Crippen molar-refractivity contribution in [1.82, 2.24) is 18.5 Å². The van der Waals surface area contributed by atoms with E-state index in [2.05, 4.69) is 196 Å². The van der Waals surface area contributed by atoms with Crippen LogP contribution in [0.5, 0.6) is 0 Å². The molecule has 5 aromatic heterocycles. The van der Waals surface area contributed by atoms with Crippen LogP contribution in [0.25, 0.3) is 105 Å². The van der Waals surface area contributed by atoms with Gasteiger partial charge in [0.1, 0.15) is 5.65 Å². The quantitative estimate of drug-likeness (QED) is 0.183. The Hall–Kier alpha value is -7.17. The Morgan fingerprint density at radius 3 is 1.55 bits per heavy atom. The molecule has 0 amide bonds. The van der Waals surface area contributed by atoms with Gasteiger partial charge in [0.15, 0.2) is 0 Å². The number of hydrogen-bond donors (Lipinski definition) is 0. The van der Waals surface area contributed by atoms with E-state index in [1.807, 2.05) is 0 Å². The van der Waals surface area contributed by atoms with E-state index in [9.17, 15) is 0 Å². The van der Waals surface area contributed by atoms with Gasteiger partial charge in [-0.1, -0.05) is 109 Å². The summed E-state index contributed by atoms with van der Waals surface area (Å²) >= 11 is 0. The van der Waals surface area contributed by atoms with Crippen molar-refractivity contribution in [2.45, 2.75) is 0 Å². The first kappa shape index (κ1) is 28.5. The lowest BCUT2D eigenvalue weighted by atomic mass is 10.0. The highest BCUT2D eigenvalue weighted by atomic mass is 15.0. The van der Waals surface area contributed by atoms with Crippen molar-refractivity contribution in [2.75, 3.05) is 0 Å². The van der Waals surface area contributed by atoms with Crippen molar-refractivity contribution in [2.24, 2.45) is 0 Å². The monoisotopic (exact) mass is 674 g/mol. The van der Waals surface area contributed by atoms with Crippen molar-refractivity contribution in [1.29, 1.82) is 0 Å². The van der Waals surface area contributed by atoms with Gasteiger partial charge in [-0.05, 0) is 83.9 Å². The van der Waals surface area contributed by atoms with Gasteiger partial charge < -0.3 is 9.13 Å². The van der Waals surface area contributed by atoms with E-state index in [0.29, 0.717) is 0 Å². The third kappa shape index (κ3) is 3.98. The second kappa shape index (κ2) is 10.7. The minimum Gasteiger partial charge on any atom is -0.309 e. The van der Waals surface area contributed by atoms with Crippen LogP contribution in [0.2, 0.25) is 0 Å². The van der Waals surface area contributed by atoms with E-state index in [1.165, 1.54) is 76.7 Å². The number of hydrogen-bond acceptors (Lipinski definition) is 1. The minimum atomic E-state index is 0.973. The number of fused-ring (bicyclic) bond motifs is 9. The van der Waals surface area contributed by atoms with Crippen molar-refractivity contribution in [3.8, 4) is 33.8 Å². The molecule has 5 heterocycles. The Morgan fingerprint density at radius 2 is 0.868 bits per heavy atom. The predicted molar refractivity (Wildman–Crippen MR) is 221 cm³/mol. The predicted octanol–water partition coefficient (Wildman–Crippen LogP) is 12.6. The van der Waals surface area contributed by atoms with Crippen LogP contribution in [0.3, 0.4) is 0 Å². The summed E-state index contributed by atoms with van der Waals surface area (Å²) in [5.41, 5.74) is 15.0. The van der Waals surface area contributed by atoms with Crippen LogP contribution < -0.4 is 0 Å². The van der Waals surface area contributed by atoms with Crippen LogP contribution in [0, 0.1) is 0 Å². The Bertz CT molecular complexity index is 3380. The fraction of sp³-hybridized carbons (Fsp3) is 0. The molecular formula is C49H30N4. The van der Waals surface area contributed by atoms with Gasteiger partial charge in [0.05, 0.1) is 38.8 Å². The maximum absolute atomic E-state index is 5.13. The molecule has 12 rings (SSSR count). The summed E-state index contributed by atoms with van der Waals surface area (Å²) < 4.78 is 7.12. The van der Waals surface area contributed by atoms with Crippen LogP contribution in [0.1, 0.15) is 0 Å². The average molecular weight is 675 g/mol.